The third-order valence-electron chi connectivity index (χ3n) is 4.73. The van der Waals surface area contributed by atoms with E-state index in [4.69, 9.17) is 42.8 Å². The minimum atomic E-state index is 0.432. The van der Waals surface area contributed by atoms with Crippen molar-refractivity contribution in [2.75, 3.05) is 39.1 Å². The number of benzene rings is 3. The maximum atomic E-state index is 5.94. The van der Waals surface area contributed by atoms with Gasteiger partial charge in [0, 0.05) is 10.7 Å². The van der Waals surface area contributed by atoms with Crippen molar-refractivity contribution in [1.82, 2.24) is 0 Å². The largest absolute Gasteiger partial charge is 0.495 e. The molecule has 0 saturated heterocycles. The zero-order valence-corrected chi connectivity index (χ0v) is 20.3. The van der Waals surface area contributed by atoms with E-state index >= 15 is 0 Å². The van der Waals surface area contributed by atoms with Gasteiger partial charge in [-0.15, -0.1) is 0 Å². The van der Waals surface area contributed by atoms with Crippen molar-refractivity contribution in [1.29, 1.82) is 0 Å². The van der Waals surface area contributed by atoms with Crippen LogP contribution in [-0.4, -0.2) is 33.6 Å². The van der Waals surface area contributed by atoms with Crippen LogP contribution in [0.5, 0.6) is 23.0 Å². The number of hydrogen-bond acceptors (Lipinski definition) is 5. The standard InChI is InChI=1S/C25H25ClN2O4S/c1-29-21-12-7-16(5-6-17-14-22(30-2)24(32-4)23(15-17)31-3)13-20(21)28-25(33)27-19-10-8-18(26)9-11-19/h5-15H,1-4H3,(H2,27,28,33)/b6-5-. The molecule has 0 aliphatic rings. The number of anilines is 2. The van der Waals surface area contributed by atoms with E-state index in [2.05, 4.69) is 10.6 Å². The number of thiocarbonyl (C=S) groups is 1. The van der Waals surface area contributed by atoms with Crippen LogP contribution >= 0.6 is 23.8 Å². The summed E-state index contributed by atoms with van der Waals surface area (Å²) in [5.41, 5.74) is 3.40. The molecule has 3 aromatic carbocycles. The van der Waals surface area contributed by atoms with Gasteiger partial charge in [-0.3, -0.25) is 0 Å². The average molecular weight is 485 g/mol. The molecule has 0 saturated carbocycles. The number of ether oxygens (including phenoxy) is 4. The molecule has 3 rings (SSSR count). The molecule has 0 unspecified atom stereocenters. The van der Waals surface area contributed by atoms with Crippen molar-refractivity contribution in [2.24, 2.45) is 0 Å². The Balaban J connectivity index is 1.81. The second kappa shape index (κ2) is 11.4. The summed E-state index contributed by atoms with van der Waals surface area (Å²) in [6, 6.07) is 16.8. The Kier molecular flexibility index (Phi) is 8.40. The zero-order chi connectivity index (χ0) is 23.8. The molecule has 0 spiro atoms. The summed E-state index contributed by atoms with van der Waals surface area (Å²) in [5, 5.41) is 7.41. The van der Waals surface area contributed by atoms with Crippen molar-refractivity contribution in [3.05, 3.63) is 70.7 Å². The number of methoxy groups -OCH3 is 4. The molecular formula is C25H25ClN2O4S. The lowest BCUT2D eigenvalue weighted by Crippen LogP contribution is -2.19. The van der Waals surface area contributed by atoms with Crippen LogP contribution in [0.2, 0.25) is 5.02 Å². The van der Waals surface area contributed by atoms with E-state index in [0.29, 0.717) is 33.1 Å². The van der Waals surface area contributed by atoms with Gasteiger partial charge in [0.1, 0.15) is 5.75 Å². The Bertz CT molecular complexity index is 1120. The second-order valence-corrected chi connectivity index (χ2v) is 7.68. The fourth-order valence-corrected chi connectivity index (χ4v) is 3.49. The van der Waals surface area contributed by atoms with Gasteiger partial charge in [-0.25, -0.2) is 0 Å². The maximum absolute atomic E-state index is 5.94. The monoisotopic (exact) mass is 484 g/mol. The Morgan fingerprint density at radius 1 is 0.727 bits per heavy atom. The first-order valence-corrected chi connectivity index (χ1v) is 10.8. The predicted octanol–water partition coefficient (Wildman–Crippen LogP) is 6.35. The summed E-state index contributed by atoms with van der Waals surface area (Å²) in [4.78, 5) is 0. The van der Waals surface area contributed by atoms with Gasteiger partial charge in [0.15, 0.2) is 16.6 Å². The Labute approximate surface area is 204 Å². The smallest absolute Gasteiger partial charge is 0.203 e. The summed E-state index contributed by atoms with van der Waals surface area (Å²) in [5.74, 6) is 2.40. The molecule has 33 heavy (non-hydrogen) atoms. The van der Waals surface area contributed by atoms with Crippen molar-refractivity contribution in [2.45, 2.75) is 0 Å². The van der Waals surface area contributed by atoms with Crippen molar-refractivity contribution in [3.8, 4) is 23.0 Å². The molecule has 0 aliphatic carbocycles. The molecule has 0 fully saturated rings. The molecule has 0 atom stereocenters. The molecule has 2 N–H and O–H groups in total. The molecule has 3 aromatic rings. The molecule has 6 nitrogen and oxygen atoms in total. The van der Waals surface area contributed by atoms with Crippen LogP contribution in [-0.2, 0) is 0 Å². The van der Waals surface area contributed by atoms with Gasteiger partial charge in [0.2, 0.25) is 5.75 Å². The maximum Gasteiger partial charge on any atom is 0.203 e. The van der Waals surface area contributed by atoms with Gasteiger partial charge >= 0.3 is 0 Å². The van der Waals surface area contributed by atoms with E-state index in [1.54, 1.807) is 40.6 Å². The summed E-state index contributed by atoms with van der Waals surface area (Å²) in [6.45, 7) is 0. The van der Waals surface area contributed by atoms with Crippen LogP contribution < -0.4 is 29.6 Å². The van der Waals surface area contributed by atoms with Crippen LogP contribution in [0.3, 0.4) is 0 Å². The van der Waals surface area contributed by atoms with Crippen molar-refractivity contribution in [3.63, 3.8) is 0 Å². The van der Waals surface area contributed by atoms with E-state index < -0.39 is 0 Å². The van der Waals surface area contributed by atoms with Crippen LogP contribution in [0, 0.1) is 0 Å². The molecule has 8 heteroatoms. The molecule has 0 heterocycles. The van der Waals surface area contributed by atoms with E-state index in [1.807, 2.05) is 54.6 Å². The first-order chi connectivity index (χ1) is 16.0. The number of nitrogens with one attached hydrogen (secondary N) is 2. The molecule has 0 bridgehead atoms. The summed E-state index contributed by atoms with van der Waals surface area (Å²) in [7, 11) is 6.37. The lowest BCUT2D eigenvalue weighted by Gasteiger charge is -2.14. The highest BCUT2D eigenvalue weighted by molar-refractivity contribution is 7.80. The zero-order valence-electron chi connectivity index (χ0n) is 18.8. The molecular weight excluding hydrogens is 460 g/mol. The average Bonchev–Trinajstić information content (AvgIpc) is 2.83. The lowest BCUT2D eigenvalue weighted by atomic mass is 10.1. The fraction of sp³-hybridized carbons (Fsp3) is 0.160. The minimum absolute atomic E-state index is 0.432. The second-order valence-electron chi connectivity index (χ2n) is 6.84. The van der Waals surface area contributed by atoms with E-state index in [1.165, 1.54) is 0 Å². The molecule has 0 aromatic heterocycles. The van der Waals surface area contributed by atoms with Crippen LogP contribution in [0.1, 0.15) is 11.1 Å². The van der Waals surface area contributed by atoms with E-state index in [-0.39, 0.29) is 0 Å². The predicted molar refractivity (Wildman–Crippen MR) is 139 cm³/mol. The van der Waals surface area contributed by atoms with Gasteiger partial charge in [-0.1, -0.05) is 29.8 Å². The van der Waals surface area contributed by atoms with Gasteiger partial charge in [0.25, 0.3) is 0 Å². The lowest BCUT2D eigenvalue weighted by molar-refractivity contribution is 0.324. The quantitative estimate of drug-likeness (QED) is 0.285. The van der Waals surface area contributed by atoms with Gasteiger partial charge < -0.3 is 29.6 Å². The first kappa shape index (κ1) is 24.2. The number of rotatable bonds is 8. The van der Waals surface area contributed by atoms with E-state index in [9.17, 15) is 0 Å². The summed E-state index contributed by atoms with van der Waals surface area (Å²) < 4.78 is 21.7. The van der Waals surface area contributed by atoms with Crippen LogP contribution in [0.15, 0.2) is 54.6 Å². The summed E-state index contributed by atoms with van der Waals surface area (Å²) in [6.07, 6.45) is 3.93. The van der Waals surface area contributed by atoms with Gasteiger partial charge in [-0.2, -0.15) is 0 Å². The van der Waals surface area contributed by atoms with Crippen LogP contribution in [0.4, 0.5) is 11.4 Å². The normalized spacial score (nSPS) is 10.6. The molecule has 0 amide bonds. The summed E-state index contributed by atoms with van der Waals surface area (Å²) >= 11 is 11.4. The highest BCUT2D eigenvalue weighted by Gasteiger charge is 2.12. The first-order valence-electron chi connectivity index (χ1n) is 9.97. The van der Waals surface area contributed by atoms with Gasteiger partial charge in [0.05, 0.1) is 34.1 Å². The molecule has 0 radical (unpaired) electrons. The third-order valence-corrected chi connectivity index (χ3v) is 5.19. The Morgan fingerprint density at radius 2 is 1.33 bits per heavy atom. The highest BCUT2D eigenvalue weighted by atomic mass is 35.5. The molecule has 172 valence electrons. The minimum Gasteiger partial charge on any atom is -0.495 e. The SMILES string of the molecule is COc1ccc(/C=C\c2cc(OC)c(OC)c(OC)c2)cc1NC(=S)Nc1ccc(Cl)cc1. The molecule has 0 aliphatic heterocycles. The Hall–Kier alpha value is -3.42. The third kappa shape index (κ3) is 6.31. The number of halogens is 1. The van der Waals surface area contributed by atoms with Gasteiger partial charge in [-0.05, 0) is 71.9 Å². The van der Waals surface area contributed by atoms with Crippen molar-refractivity contribution >= 4 is 52.5 Å². The van der Waals surface area contributed by atoms with Crippen LogP contribution in [0.25, 0.3) is 12.2 Å². The Morgan fingerprint density at radius 3 is 1.91 bits per heavy atom. The highest BCUT2D eigenvalue weighted by Crippen LogP contribution is 2.38. The topological polar surface area (TPSA) is 61.0 Å². The number of hydrogen-bond donors (Lipinski definition) is 2. The van der Waals surface area contributed by atoms with E-state index in [0.717, 1.165) is 22.5 Å². The fourth-order valence-electron chi connectivity index (χ4n) is 3.13. The van der Waals surface area contributed by atoms with Crippen molar-refractivity contribution < 1.29 is 18.9 Å².